The van der Waals surface area contributed by atoms with Gasteiger partial charge in [0, 0.05) is 36.7 Å². The molecule has 0 bridgehead atoms. The zero-order valence-corrected chi connectivity index (χ0v) is 13.1. The van der Waals surface area contributed by atoms with Crippen LogP contribution in [0, 0.1) is 0 Å². The molecule has 0 fully saturated rings. The van der Waals surface area contributed by atoms with E-state index < -0.39 is 0 Å². The predicted molar refractivity (Wildman–Crippen MR) is 78.5 cm³/mol. The summed E-state index contributed by atoms with van der Waals surface area (Å²) in [5, 5.41) is 3.42. The summed E-state index contributed by atoms with van der Waals surface area (Å²) in [5.41, 5.74) is 1.15. The van der Waals surface area contributed by atoms with E-state index in [9.17, 15) is 0 Å². The first-order chi connectivity index (χ1) is 8.71. The smallest absolute Gasteiger partial charge is 0.119 e. The van der Waals surface area contributed by atoms with Crippen LogP contribution in [0.2, 0.25) is 0 Å². The highest BCUT2D eigenvalue weighted by atomic mass is 79.9. The molecule has 0 saturated carbocycles. The summed E-state index contributed by atoms with van der Waals surface area (Å²) >= 11 is 9.44. The summed E-state index contributed by atoms with van der Waals surface area (Å²) in [6, 6.07) is 6.18. The van der Waals surface area contributed by atoms with Crippen LogP contribution in [0.15, 0.2) is 22.7 Å². The molecule has 0 aliphatic heterocycles. The molecule has 0 heterocycles. The molecule has 0 aliphatic carbocycles. The SMILES string of the molecule is COCCC(CCl)NCc1cc(OC)ccc1Br. The van der Waals surface area contributed by atoms with Crippen LogP contribution in [0.1, 0.15) is 12.0 Å². The first kappa shape index (κ1) is 15.8. The van der Waals surface area contributed by atoms with E-state index in [1.807, 2.05) is 18.2 Å². The van der Waals surface area contributed by atoms with Gasteiger partial charge in [0.05, 0.1) is 7.11 Å². The lowest BCUT2D eigenvalue weighted by Gasteiger charge is -2.16. The summed E-state index contributed by atoms with van der Waals surface area (Å²) in [4.78, 5) is 0. The largest absolute Gasteiger partial charge is 0.497 e. The van der Waals surface area contributed by atoms with Crippen LogP contribution in [-0.4, -0.2) is 32.7 Å². The average Bonchev–Trinajstić information content (AvgIpc) is 2.40. The summed E-state index contributed by atoms with van der Waals surface area (Å²) in [5.74, 6) is 1.43. The van der Waals surface area contributed by atoms with Crippen LogP contribution in [0.3, 0.4) is 0 Å². The number of hydrogen-bond donors (Lipinski definition) is 1. The lowest BCUT2D eigenvalue weighted by Crippen LogP contribution is -2.31. The van der Waals surface area contributed by atoms with Gasteiger partial charge in [0.15, 0.2) is 0 Å². The molecule has 1 atom stereocenters. The summed E-state index contributed by atoms with van der Waals surface area (Å²) in [7, 11) is 3.37. The summed E-state index contributed by atoms with van der Waals surface area (Å²) in [6.45, 7) is 1.46. The number of halogens is 2. The topological polar surface area (TPSA) is 30.5 Å². The van der Waals surface area contributed by atoms with Gasteiger partial charge in [-0.2, -0.15) is 0 Å². The zero-order chi connectivity index (χ0) is 13.4. The Kier molecular flexibility index (Phi) is 7.66. The fourth-order valence-electron chi connectivity index (χ4n) is 1.56. The Morgan fingerprint density at radius 2 is 2.17 bits per heavy atom. The van der Waals surface area contributed by atoms with E-state index in [-0.39, 0.29) is 6.04 Å². The monoisotopic (exact) mass is 335 g/mol. The minimum absolute atomic E-state index is 0.254. The van der Waals surface area contributed by atoms with Crippen molar-refractivity contribution >= 4 is 27.5 Å². The second-order valence-corrected chi connectivity index (χ2v) is 5.13. The van der Waals surface area contributed by atoms with E-state index in [4.69, 9.17) is 21.1 Å². The Bertz CT molecular complexity index is 363. The Balaban J connectivity index is 2.55. The fraction of sp³-hybridized carbons (Fsp3) is 0.538. The van der Waals surface area contributed by atoms with E-state index in [2.05, 4.69) is 21.2 Å². The van der Waals surface area contributed by atoms with Crippen molar-refractivity contribution in [3.05, 3.63) is 28.2 Å². The highest BCUT2D eigenvalue weighted by Crippen LogP contribution is 2.22. The van der Waals surface area contributed by atoms with E-state index in [0.29, 0.717) is 12.5 Å². The highest BCUT2D eigenvalue weighted by molar-refractivity contribution is 9.10. The van der Waals surface area contributed by atoms with Gasteiger partial charge in [-0.1, -0.05) is 15.9 Å². The highest BCUT2D eigenvalue weighted by Gasteiger charge is 2.08. The maximum Gasteiger partial charge on any atom is 0.119 e. The predicted octanol–water partition coefficient (Wildman–Crippen LogP) is 3.19. The Labute approximate surface area is 122 Å². The zero-order valence-electron chi connectivity index (χ0n) is 10.7. The van der Waals surface area contributed by atoms with Crippen LogP contribution in [0.4, 0.5) is 0 Å². The van der Waals surface area contributed by atoms with Crippen LogP contribution in [-0.2, 0) is 11.3 Å². The second kappa shape index (κ2) is 8.75. The van der Waals surface area contributed by atoms with Gasteiger partial charge in [-0.05, 0) is 30.2 Å². The lowest BCUT2D eigenvalue weighted by molar-refractivity contribution is 0.185. The van der Waals surface area contributed by atoms with Crippen molar-refractivity contribution in [3.8, 4) is 5.75 Å². The van der Waals surface area contributed by atoms with Crippen LogP contribution >= 0.6 is 27.5 Å². The molecule has 1 N–H and O–H groups in total. The van der Waals surface area contributed by atoms with Gasteiger partial charge in [0.1, 0.15) is 5.75 Å². The van der Waals surface area contributed by atoms with Gasteiger partial charge < -0.3 is 14.8 Å². The molecule has 0 aliphatic rings. The van der Waals surface area contributed by atoms with Gasteiger partial charge in [-0.3, -0.25) is 0 Å². The Morgan fingerprint density at radius 1 is 1.39 bits per heavy atom. The summed E-state index contributed by atoms with van der Waals surface area (Å²) < 4.78 is 11.3. The third kappa shape index (κ3) is 5.14. The standard InChI is InChI=1S/C13H19BrClNO2/c1-17-6-5-11(8-15)16-9-10-7-12(18-2)3-4-13(10)14/h3-4,7,11,16H,5-6,8-9H2,1-2H3. The first-order valence-electron chi connectivity index (χ1n) is 5.82. The molecule has 0 spiro atoms. The molecule has 3 nitrogen and oxygen atoms in total. The van der Waals surface area contributed by atoms with Crippen molar-refractivity contribution in [1.82, 2.24) is 5.32 Å². The normalized spacial score (nSPS) is 12.4. The second-order valence-electron chi connectivity index (χ2n) is 3.97. The quantitative estimate of drug-likeness (QED) is 0.740. The van der Waals surface area contributed by atoms with Crippen molar-refractivity contribution in [2.75, 3.05) is 26.7 Å². The molecule has 1 aromatic rings. The number of alkyl halides is 1. The van der Waals surface area contributed by atoms with Crippen molar-refractivity contribution in [2.24, 2.45) is 0 Å². The third-order valence-corrected chi connectivity index (χ3v) is 3.84. The molecule has 1 aromatic carbocycles. The molecule has 5 heteroatoms. The van der Waals surface area contributed by atoms with Crippen molar-refractivity contribution in [2.45, 2.75) is 19.0 Å². The maximum absolute atomic E-state index is 5.91. The van der Waals surface area contributed by atoms with Gasteiger partial charge in [-0.15, -0.1) is 11.6 Å². The number of rotatable bonds is 8. The molecule has 18 heavy (non-hydrogen) atoms. The molecule has 1 unspecified atom stereocenters. The first-order valence-corrected chi connectivity index (χ1v) is 7.14. The van der Waals surface area contributed by atoms with Crippen LogP contribution in [0.5, 0.6) is 5.75 Å². The van der Waals surface area contributed by atoms with Crippen molar-refractivity contribution in [3.63, 3.8) is 0 Å². The molecule has 102 valence electrons. The summed E-state index contributed by atoms with van der Waals surface area (Å²) in [6.07, 6.45) is 0.904. The van der Waals surface area contributed by atoms with E-state index >= 15 is 0 Å². The Morgan fingerprint density at radius 3 is 2.78 bits per heavy atom. The van der Waals surface area contributed by atoms with E-state index in [1.54, 1.807) is 14.2 Å². The molecule has 1 rings (SSSR count). The van der Waals surface area contributed by atoms with E-state index in [1.165, 1.54) is 0 Å². The minimum atomic E-state index is 0.254. The van der Waals surface area contributed by atoms with Gasteiger partial charge >= 0.3 is 0 Å². The number of methoxy groups -OCH3 is 2. The molecule has 0 radical (unpaired) electrons. The van der Waals surface area contributed by atoms with E-state index in [0.717, 1.165) is 28.8 Å². The van der Waals surface area contributed by atoms with Crippen LogP contribution in [0.25, 0.3) is 0 Å². The van der Waals surface area contributed by atoms with Crippen molar-refractivity contribution in [1.29, 1.82) is 0 Å². The average molecular weight is 337 g/mol. The molecular weight excluding hydrogens is 318 g/mol. The number of benzene rings is 1. The van der Waals surface area contributed by atoms with Crippen molar-refractivity contribution < 1.29 is 9.47 Å². The molecule has 0 saturated heterocycles. The number of nitrogens with one attached hydrogen (secondary N) is 1. The fourth-order valence-corrected chi connectivity index (χ4v) is 2.21. The molecular formula is C13H19BrClNO2. The Hall–Kier alpha value is -0.290. The maximum atomic E-state index is 5.91. The van der Waals surface area contributed by atoms with Gasteiger partial charge in [0.25, 0.3) is 0 Å². The minimum Gasteiger partial charge on any atom is -0.497 e. The van der Waals surface area contributed by atoms with Gasteiger partial charge in [-0.25, -0.2) is 0 Å². The molecule has 0 aromatic heterocycles. The third-order valence-electron chi connectivity index (χ3n) is 2.69. The van der Waals surface area contributed by atoms with Crippen LogP contribution < -0.4 is 10.1 Å². The molecule has 0 amide bonds. The number of ether oxygens (including phenoxy) is 2. The lowest BCUT2D eigenvalue weighted by atomic mass is 10.2. The van der Waals surface area contributed by atoms with Gasteiger partial charge in [0.2, 0.25) is 0 Å². The number of hydrogen-bond acceptors (Lipinski definition) is 3.